The Bertz CT molecular complexity index is 1130. The van der Waals surface area contributed by atoms with Crippen LogP contribution in [-0.4, -0.2) is 70.3 Å². The quantitative estimate of drug-likeness (QED) is 0.343. The van der Waals surface area contributed by atoms with Gasteiger partial charge < -0.3 is 30.2 Å². The van der Waals surface area contributed by atoms with Crippen LogP contribution in [0.4, 0.5) is 0 Å². The maximum Gasteiger partial charge on any atom is 0.551 e. The zero-order valence-electron chi connectivity index (χ0n) is 20.8. The van der Waals surface area contributed by atoms with Crippen molar-refractivity contribution in [3.63, 3.8) is 0 Å². The number of nitrogens with one attached hydrogen (secondary N) is 2. The van der Waals surface area contributed by atoms with Crippen LogP contribution in [0, 0.1) is 5.92 Å². The van der Waals surface area contributed by atoms with Gasteiger partial charge in [0.1, 0.15) is 11.7 Å². The van der Waals surface area contributed by atoms with Gasteiger partial charge in [-0.1, -0.05) is 50.2 Å². The minimum atomic E-state index is -1.41. The highest BCUT2D eigenvalue weighted by atomic mass is 16.6. The van der Waals surface area contributed by atoms with Crippen molar-refractivity contribution >= 4 is 30.9 Å². The number of carbonyl (C=O) groups is 4. The van der Waals surface area contributed by atoms with Crippen LogP contribution in [-0.2, 0) is 23.7 Å². The molecular weight excluding hydrogens is 481 g/mol. The summed E-state index contributed by atoms with van der Waals surface area (Å²) in [6.07, 6.45) is -2.87. The molecular formula is C25H30BN3O8. The first kappa shape index (κ1) is 27.8. The number of aliphatic carboxylic acids is 1. The number of carboxylic acid groups (broad SMARTS) is 1. The molecule has 1 aliphatic heterocycles. The summed E-state index contributed by atoms with van der Waals surface area (Å²) in [7, 11) is -1.34. The van der Waals surface area contributed by atoms with Gasteiger partial charge in [0.25, 0.3) is 11.9 Å². The van der Waals surface area contributed by atoms with E-state index in [2.05, 4.69) is 15.6 Å². The van der Waals surface area contributed by atoms with Crippen molar-refractivity contribution in [2.45, 2.75) is 57.8 Å². The molecule has 1 aromatic heterocycles. The minimum absolute atomic E-state index is 0.00215. The predicted molar refractivity (Wildman–Crippen MR) is 133 cm³/mol. The summed E-state index contributed by atoms with van der Waals surface area (Å²) < 4.78 is 10.6. The topological polar surface area (TPSA) is 164 Å². The molecule has 0 saturated carbocycles. The number of amides is 2. The summed E-state index contributed by atoms with van der Waals surface area (Å²) in [6.45, 7) is 5.06. The summed E-state index contributed by atoms with van der Waals surface area (Å²) in [6, 6.07) is 12.8. The lowest BCUT2D eigenvalue weighted by atomic mass is 9.72. The van der Waals surface area contributed by atoms with Crippen LogP contribution >= 0.6 is 0 Å². The van der Waals surface area contributed by atoms with Gasteiger partial charge in [0.2, 0.25) is 5.91 Å². The van der Waals surface area contributed by atoms with Gasteiger partial charge >= 0.3 is 13.1 Å². The fraction of sp³-hybridized carbons (Fsp3) is 0.400. The van der Waals surface area contributed by atoms with E-state index in [0.717, 1.165) is 5.56 Å². The van der Waals surface area contributed by atoms with Gasteiger partial charge in [-0.15, -0.1) is 0 Å². The van der Waals surface area contributed by atoms with Gasteiger partial charge in [0.05, 0.1) is 24.2 Å². The number of aromatic nitrogens is 1. The number of carboxylic acids is 1. The highest BCUT2D eigenvalue weighted by Gasteiger charge is 2.45. The van der Waals surface area contributed by atoms with E-state index in [1.165, 1.54) is 13.0 Å². The van der Waals surface area contributed by atoms with Crippen molar-refractivity contribution in [1.29, 1.82) is 0 Å². The van der Waals surface area contributed by atoms with E-state index in [-0.39, 0.29) is 18.0 Å². The van der Waals surface area contributed by atoms with Crippen LogP contribution in [0.3, 0.4) is 0 Å². The molecule has 196 valence electrons. The van der Waals surface area contributed by atoms with Crippen LogP contribution in [0.1, 0.15) is 44.1 Å². The van der Waals surface area contributed by atoms with Crippen molar-refractivity contribution in [3.8, 4) is 11.3 Å². The summed E-state index contributed by atoms with van der Waals surface area (Å²) in [5.74, 6) is -4.44. The smallest absolute Gasteiger partial charge is 0.508 e. The monoisotopic (exact) mass is 511 g/mol. The van der Waals surface area contributed by atoms with E-state index >= 15 is 0 Å². The van der Waals surface area contributed by atoms with E-state index in [1.807, 2.05) is 44.2 Å². The normalized spacial score (nSPS) is 17.9. The molecule has 0 spiro atoms. The Morgan fingerprint density at radius 2 is 1.78 bits per heavy atom. The van der Waals surface area contributed by atoms with E-state index in [1.54, 1.807) is 12.1 Å². The third-order valence-corrected chi connectivity index (χ3v) is 5.66. The highest BCUT2D eigenvalue weighted by molar-refractivity contribution is 6.50. The molecule has 2 heterocycles. The van der Waals surface area contributed by atoms with Gasteiger partial charge in [-0.25, -0.2) is 9.78 Å². The van der Waals surface area contributed by atoms with Crippen molar-refractivity contribution in [1.82, 2.24) is 15.6 Å². The second kappa shape index (κ2) is 12.5. The van der Waals surface area contributed by atoms with E-state index in [0.29, 0.717) is 5.69 Å². The van der Waals surface area contributed by atoms with Crippen LogP contribution in [0.5, 0.6) is 0 Å². The van der Waals surface area contributed by atoms with Crippen molar-refractivity contribution in [2.24, 2.45) is 5.92 Å². The number of rotatable bonds is 10. The lowest BCUT2D eigenvalue weighted by molar-refractivity contribution is -0.157. The summed E-state index contributed by atoms with van der Waals surface area (Å²) in [4.78, 5) is 53.8. The fourth-order valence-electron chi connectivity index (χ4n) is 3.86. The molecule has 1 aromatic carbocycles. The largest absolute Gasteiger partial charge is 0.551 e. The van der Waals surface area contributed by atoms with Crippen LogP contribution in [0.15, 0.2) is 48.5 Å². The minimum Gasteiger partial charge on any atom is -0.508 e. The number of nitrogens with zero attached hydrogens (tertiary/aromatic N) is 1. The van der Waals surface area contributed by atoms with Crippen molar-refractivity contribution in [2.75, 3.05) is 0 Å². The summed E-state index contributed by atoms with van der Waals surface area (Å²) in [5.41, 5.74) is 1.42. The number of hydrogen-bond donors (Lipinski definition) is 4. The first-order valence-electron chi connectivity index (χ1n) is 11.9. The molecule has 11 nitrogen and oxygen atoms in total. The van der Waals surface area contributed by atoms with Crippen molar-refractivity contribution < 1.29 is 38.7 Å². The number of aliphatic hydroxyl groups excluding tert-OH is 1. The number of carbonyl (C=O) groups excluding carboxylic acids is 3. The Morgan fingerprint density at radius 3 is 2.41 bits per heavy atom. The molecule has 2 aromatic rings. The molecule has 1 fully saturated rings. The summed E-state index contributed by atoms with van der Waals surface area (Å²) >= 11 is 0. The van der Waals surface area contributed by atoms with Crippen LogP contribution in [0.25, 0.3) is 11.3 Å². The number of benzene rings is 1. The van der Waals surface area contributed by atoms with Gasteiger partial charge in [-0.05, 0) is 31.4 Å². The zero-order valence-corrected chi connectivity index (χ0v) is 20.8. The molecule has 3 rings (SSSR count). The third-order valence-electron chi connectivity index (χ3n) is 5.66. The van der Waals surface area contributed by atoms with E-state index < -0.39 is 61.5 Å². The van der Waals surface area contributed by atoms with Gasteiger partial charge in [-0.2, -0.15) is 0 Å². The van der Waals surface area contributed by atoms with Gasteiger partial charge in [0, 0.05) is 5.56 Å². The van der Waals surface area contributed by atoms with E-state index in [4.69, 9.17) is 9.31 Å². The zero-order chi connectivity index (χ0) is 27.1. The molecule has 1 saturated heterocycles. The Kier molecular flexibility index (Phi) is 9.37. The molecule has 0 bridgehead atoms. The van der Waals surface area contributed by atoms with Crippen molar-refractivity contribution in [3.05, 3.63) is 54.2 Å². The molecule has 0 aliphatic carbocycles. The SMILES string of the molecule is CC(C)C[C@H](NC(=O)[C@@H](NC(=O)c1cccc(-c2ccccc2)n1)[C@@H](C)O)B1OC(=O)CC(C(=O)O)O1. The second-order valence-electron chi connectivity index (χ2n) is 9.24. The molecule has 1 aliphatic rings. The molecule has 1 unspecified atom stereocenters. The average Bonchev–Trinajstić information content (AvgIpc) is 2.86. The Morgan fingerprint density at radius 1 is 1.08 bits per heavy atom. The lowest BCUT2D eigenvalue weighted by Crippen LogP contribution is -2.60. The third kappa shape index (κ3) is 7.61. The maximum absolute atomic E-state index is 13.2. The Balaban J connectivity index is 1.75. The summed E-state index contributed by atoms with van der Waals surface area (Å²) in [5, 5.41) is 24.7. The van der Waals surface area contributed by atoms with Crippen LogP contribution < -0.4 is 10.6 Å². The predicted octanol–water partition coefficient (Wildman–Crippen LogP) is 1.20. The standard InChI is InChI=1S/C25H30BN3O8/c1-14(2)12-20(26-36-19(25(34)35)13-21(31)37-26)28-24(33)22(15(3)30)29-23(32)18-11-7-10-17(27-18)16-8-5-4-6-9-16/h4-11,14-15,19-20,22,30H,12-13H2,1-3H3,(H,28,33)(H,29,32)(H,34,35)/t15-,19?,20+,22+/m1/s1. The Labute approximate surface area is 214 Å². The lowest BCUT2D eigenvalue weighted by Gasteiger charge is -2.32. The first-order chi connectivity index (χ1) is 17.5. The molecule has 12 heteroatoms. The molecule has 37 heavy (non-hydrogen) atoms. The Hall–Kier alpha value is -3.77. The number of hydrogen-bond acceptors (Lipinski definition) is 8. The highest BCUT2D eigenvalue weighted by Crippen LogP contribution is 2.19. The number of pyridine rings is 1. The molecule has 2 amide bonds. The molecule has 0 radical (unpaired) electrons. The molecule has 4 atom stereocenters. The first-order valence-corrected chi connectivity index (χ1v) is 11.9. The second-order valence-corrected chi connectivity index (χ2v) is 9.24. The van der Waals surface area contributed by atoms with E-state index in [9.17, 15) is 29.4 Å². The fourth-order valence-corrected chi connectivity index (χ4v) is 3.86. The molecule has 4 N–H and O–H groups in total. The van der Waals surface area contributed by atoms with Gasteiger partial charge in [0.15, 0.2) is 6.10 Å². The average molecular weight is 511 g/mol. The number of aliphatic hydroxyl groups is 1. The van der Waals surface area contributed by atoms with Gasteiger partial charge in [-0.3, -0.25) is 14.4 Å². The van der Waals surface area contributed by atoms with Crippen LogP contribution in [0.2, 0.25) is 0 Å². The maximum atomic E-state index is 13.2.